The Morgan fingerprint density at radius 3 is 2.78 bits per heavy atom. The lowest BCUT2D eigenvalue weighted by Crippen LogP contribution is -1.86. The predicted molar refractivity (Wildman–Crippen MR) is 72.6 cm³/mol. The van der Waals surface area contributed by atoms with Gasteiger partial charge in [-0.05, 0) is 19.4 Å². The highest BCUT2D eigenvalue weighted by Gasteiger charge is 2.19. The predicted octanol–water partition coefficient (Wildman–Crippen LogP) is 3.12. The topological polar surface area (TPSA) is 77.8 Å². The SMILES string of the molecule is Cc1sc(N)c(-c2nc(-c3cncs3)no2)c1C. The first-order valence-corrected chi connectivity index (χ1v) is 6.95. The number of rotatable bonds is 2. The van der Waals surface area contributed by atoms with Crippen LogP contribution in [0.3, 0.4) is 0 Å². The number of aromatic nitrogens is 3. The van der Waals surface area contributed by atoms with E-state index < -0.39 is 0 Å². The molecule has 0 aliphatic rings. The second-order valence-electron chi connectivity index (χ2n) is 3.81. The summed E-state index contributed by atoms with van der Waals surface area (Å²) in [6.07, 6.45) is 1.72. The number of thiazole rings is 1. The summed E-state index contributed by atoms with van der Waals surface area (Å²) in [5, 5.41) is 4.67. The lowest BCUT2D eigenvalue weighted by molar-refractivity contribution is 0.432. The van der Waals surface area contributed by atoms with Gasteiger partial charge < -0.3 is 10.3 Å². The van der Waals surface area contributed by atoms with Crippen LogP contribution in [0.15, 0.2) is 16.2 Å². The molecule has 5 nitrogen and oxygen atoms in total. The third-order valence-corrected chi connectivity index (χ3v) is 4.51. The van der Waals surface area contributed by atoms with Crippen LogP contribution in [0.2, 0.25) is 0 Å². The van der Waals surface area contributed by atoms with E-state index in [1.54, 1.807) is 11.7 Å². The second-order valence-corrected chi connectivity index (χ2v) is 5.95. The molecule has 3 aromatic rings. The number of hydrogen-bond acceptors (Lipinski definition) is 7. The standard InChI is InChI=1S/C11H10N4OS2/c1-5-6(2)18-9(12)8(5)11-14-10(15-16-11)7-3-13-4-17-7/h3-4H,12H2,1-2H3. The Morgan fingerprint density at radius 2 is 2.17 bits per heavy atom. The van der Waals surface area contributed by atoms with Crippen molar-refractivity contribution >= 4 is 27.7 Å². The van der Waals surface area contributed by atoms with E-state index >= 15 is 0 Å². The fourth-order valence-corrected chi connectivity index (χ4v) is 3.14. The molecule has 3 heterocycles. The van der Waals surface area contributed by atoms with Gasteiger partial charge in [-0.1, -0.05) is 5.16 Å². The second kappa shape index (κ2) is 4.18. The molecular weight excluding hydrogens is 268 g/mol. The summed E-state index contributed by atoms with van der Waals surface area (Å²) in [6.45, 7) is 4.04. The van der Waals surface area contributed by atoms with E-state index in [9.17, 15) is 0 Å². The molecule has 3 aromatic heterocycles. The maximum Gasteiger partial charge on any atom is 0.261 e. The third kappa shape index (κ3) is 1.72. The zero-order valence-corrected chi connectivity index (χ0v) is 11.4. The number of aryl methyl sites for hydroxylation is 1. The molecule has 18 heavy (non-hydrogen) atoms. The van der Waals surface area contributed by atoms with Crippen molar-refractivity contribution < 1.29 is 4.52 Å². The van der Waals surface area contributed by atoms with Gasteiger partial charge in [0.15, 0.2) is 0 Å². The van der Waals surface area contributed by atoms with E-state index in [4.69, 9.17) is 10.3 Å². The number of nitrogen functional groups attached to an aromatic ring is 1. The minimum atomic E-state index is 0.470. The molecule has 0 aliphatic carbocycles. The monoisotopic (exact) mass is 278 g/mol. The van der Waals surface area contributed by atoms with Crippen molar-refractivity contribution in [2.24, 2.45) is 0 Å². The average Bonchev–Trinajstić information content (AvgIpc) is 3.01. The molecule has 0 spiro atoms. The molecular formula is C11H10N4OS2. The summed E-state index contributed by atoms with van der Waals surface area (Å²) < 4.78 is 5.29. The van der Waals surface area contributed by atoms with Crippen molar-refractivity contribution in [1.29, 1.82) is 0 Å². The molecule has 7 heteroatoms. The van der Waals surface area contributed by atoms with Crippen LogP contribution in [-0.2, 0) is 0 Å². The van der Waals surface area contributed by atoms with Crippen molar-refractivity contribution in [2.75, 3.05) is 5.73 Å². The van der Waals surface area contributed by atoms with Gasteiger partial charge in [-0.2, -0.15) is 4.98 Å². The molecule has 0 saturated carbocycles. The zero-order valence-electron chi connectivity index (χ0n) is 9.80. The maximum atomic E-state index is 5.98. The van der Waals surface area contributed by atoms with Crippen molar-refractivity contribution in [1.82, 2.24) is 15.1 Å². The van der Waals surface area contributed by atoms with Crippen LogP contribution < -0.4 is 5.73 Å². The lowest BCUT2D eigenvalue weighted by atomic mass is 10.1. The molecule has 0 radical (unpaired) electrons. The van der Waals surface area contributed by atoms with Crippen LogP contribution >= 0.6 is 22.7 Å². The Balaban J connectivity index is 2.08. The van der Waals surface area contributed by atoms with Gasteiger partial charge in [-0.25, -0.2) is 0 Å². The molecule has 0 atom stereocenters. The molecule has 0 bridgehead atoms. The Morgan fingerprint density at radius 1 is 1.33 bits per heavy atom. The largest absolute Gasteiger partial charge is 0.390 e. The molecule has 0 amide bonds. The molecule has 0 aliphatic heterocycles. The van der Waals surface area contributed by atoms with Gasteiger partial charge in [0.25, 0.3) is 5.89 Å². The average molecular weight is 278 g/mol. The summed E-state index contributed by atoms with van der Waals surface area (Å²) in [5.74, 6) is 1.02. The number of hydrogen-bond donors (Lipinski definition) is 1. The molecule has 0 saturated heterocycles. The number of anilines is 1. The maximum absolute atomic E-state index is 5.98. The van der Waals surface area contributed by atoms with E-state index in [0.717, 1.165) is 16.0 Å². The molecule has 0 aromatic carbocycles. The van der Waals surface area contributed by atoms with E-state index in [1.807, 2.05) is 13.8 Å². The first kappa shape index (κ1) is 11.4. The van der Waals surface area contributed by atoms with Crippen molar-refractivity contribution in [3.8, 4) is 22.2 Å². The van der Waals surface area contributed by atoms with Crippen LogP contribution in [-0.4, -0.2) is 15.1 Å². The van der Waals surface area contributed by atoms with Gasteiger partial charge in [0.05, 0.1) is 21.0 Å². The minimum Gasteiger partial charge on any atom is -0.390 e. The number of nitrogens with two attached hydrogens (primary N) is 1. The van der Waals surface area contributed by atoms with Gasteiger partial charge in [0.1, 0.15) is 0 Å². The summed E-state index contributed by atoms with van der Waals surface area (Å²) in [5.41, 5.74) is 9.66. The van der Waals surface area contributed by atoms with Crippen molar-refractivity contribution in [3.05, 3.63) is 22.1 Å². The van der Waals surface area contributed by atoms with Gasteiger partial charge in [-0.3, -0.25) is 4.98 Å². The third-order valence-electron chi connectivity index (χ3n) is 2.71. The van der Waals surface area contributed by atoms with Crippen LogP contribution in [0, 0.1) is 13.8 Å². The Hall–Kier alpha value is -1.73. The molecule has 92 valence electrons. The highest BCUT2D eigenvalue weighted by atomic mass is 32.1. The number of thiophene rings is 1. The van der Waals surface area contributed by atoms with E-state index in [0.29, 0.717) is 16.7 Å². The fourth-order valence-electron chi connectivity index (χ4n) is 1.67. The van der Waals surface area contributed by atoms with Crippen LogP contribution in [0.1, 0.15) is 10.4 Å². The molecule has 0 unspecified atom stereocenters. The quantitative estimate of drug-likeness (QED) is 0.779. The van der Waals surface area contributed by atoms with Crippen LogP contribution in [0.5, 0.6) is 0 Å². The van der Waals surface area contributed by atoms with Gasteiger partial charge >= 0.3 is 0 Å². The Bertz CT molecular complexity index is 684. The van der Waals surface area contributed by atoms with E-state index in [1.165, 1.54) is 27.6 Å². The summed E-state index contributed by atoms with van der Waals surface area (Å²) >= 11 is 3.01. The van der Waals surface area contributed by atoms with Gasteiger partial charge in [0, 0.05) is 11.1 Å². The summed E-state index contributed by atoms with van der Waals surface area (Å²) in [4.78, 5) is 10.4. The minimum absolute atomic E-state index is 0.470. The highest BCUT2D eigenvalue weighted by Crippen LogP contribution is 2.37. The van der Waals surface area contributed by atoms with Crippen molar-refractivity contribution in [2.45, 2.75) is 13.8 Å². The van der Waals surface area contributed by atoms with Gasteiger partial charge in [-0.15, -0.1) is 22.7 Å². The summed E-state index contributed by atoms with van der Waals surface area (Å²) in [6, 6.07) is 0. The first-order chi connectivity index (χ1) is 8.66. The highest BCUT2D eigenvalue weighted by molar-refractivity contribution is 7.16. The van der Waals surface area contributed by atoms with E-state index in [2.05, 4.69) is 15.1 Å². The Kier molecular flexibility index (Phi) is 2.64. The van der Waals surface area contributed by atoms with Gasteiger partial charge in [0.2, 0.25) is 5.82 Å². The molecule has 0 fully saturated rings. The molecule has 2 N–H and O–H groups in total. The summed E-state index contributed by atoms with van der Waals surface area (Å²) in [7, 11) is 0. The molecule has 3 rings (SSSR count). The fraction of sp³-hybridized carbons (Fsp3) is 0.182. The number of nitrogens with zero attached hydrogens (tertiary/aromatic N) is 3. The smallest absolute Gasteiger partial charge is 0.261 e. The van der Waals surface area contributed by atoms with Crippen molar-refractivity contribution in [3.63, 3.8) is 0 Å². The normalized spacial score (nSPS) is 11.0. The van der Waals surface area contributed by atoms with Crippen LogP contribution in [0.4, 0.5) is 5.00 Å². The van der Waals surface area contributed by atoms with E-state index in [-0.39, 0.29) is 0 Å². The lowest BCUT2D eigenvalue weighted by Gasteiger charge is -1.94. The van der Waals surface area contributed by atoms with Crippen LogP contribution in [0.25, 0.3) is 22.2 Å². The Labute approximate surface area is 111 Å². The zero-order chi connectivity index (χ0) is 12.7. The first-order valence-electron chi connectivity index (χ1n) is 5.25.